The summed E-state index contributed by atoms with van der Waals surface area (Å²) >= 11 is 0. The summed E-state index contributed by atoms with van der Waals surface area (Å²) in [6.07, 6.45) is 0.147. The van der Waals surface area contributed by atoms with Crippen LogP contribution in [0.4, 0.5) is 5.69 Å². The lowest BCUT2D eigenvalue weighted by Gasteiger charge is -2.09. The molecule has 0 heterocycles. The zero-order chi connectivity index (χ0) is 23.1. The van der Waals surface area contributed by atoms with Crippen LogP contribution in [-0.2, 0) is 21.4 Å². The highest BCUT2D eigenvalue weighted by Gasteiger charge is 2.14. The highest BCUT2D eigenvalue weighted by Crippen LogP contribution is 2.16. The van der Waals surface area contributed by atoms with Gasteiger partial charge in [-0.2, -0.15) is 0 Å². The van der Waals surface area contributed by atoms with Crippen LogP contribution in [0.1, 0.15) is 39.9 Å². The molecule has 0 aromatic heterocycles. The first-order valence-electron chi connectivity index (χ1n) is 10.3. The summed E-state index contributed by atoms with van der Waals surface area (Å²) in [5, 5.41) is 2.70. The Labute approximate surface area is 188 Å². The molecular weight excluding hydrogens is 424 g/mol. The van der Waals surface area contributed by atoms with E-state index in [1.54, 1.807) is 6.07 Å². The van der Waals surface area contributed by atoms with Crippen LogP contribution >= 0.6 is 0 Å². The Morgan fingerprint density at radius 3 is 2.16 bits per heavy atom. The van der Waals surface area contributed by atoms with Gasteiger partial charge in [0, 0.05) is 30.6 Å². The summed E-state index contributed by atoms with van der Waals surface area (Å²) < 4.78 is 27.5. The number of carbonyl (C=O) groups excluding carboxylic acids is 2. The Hall–Kier alpha value is -3.29. The summed E-state index contributed by atoms with van der Waals surface area (Å²) in [4.78, 5) is 24.7. The lowest BCUT2D eigenvalue weighted by molar-refractivity contribution is -0.116. The fourth-order valence-corrected chi connectivity index (χ4v) is 4.10. The minimum absolute atomic E-state index is 0.0461. The van der Waals surface area contributed by atoms with Crippen molar-refractivity contribution in [2.75, 3.05) is 5.32 Å². The third kappa shape index (κ3) is 6.35. The predicted octanol–water partition coefficient (Wildman–Crippen LogP) is 4.38. The smallest absolute Gasteiger partial charge is 0.240 e. The maximum atomic E-state index is 12.5. The van der Waals surface area contributed by atoms with Crippen LogP contribution < -0.4 is 10.0 Å². The fourth-order valence-electron chi connectivity index (χ4n) is 3.08. The van der Waals surface area contributed by atoms with Crippen molar-refractivity contribution in [1.29, 1.82) is 0 Å². The molecule has 7 heteroatoms. The lowest BCUT2D eigenvalue weighted by atomic mass is 10.0. The average molecular weight is 451 g/mol. The monoisotopic (exact) mass is 450 g/mol. The molecule has 2 N–H and O–H groups in total. The number of nitrogens with one attached hydrogen (secondary N) is 2. The Bertz CT molecular complexity index is 1200. The number of Topliss-reactive ketones (excluding diaryl/α,β-unsaturated/α-hetero) is 1. The van der Waals surface area contributed by atoms with Crippen molar-refractivity contribution >= 4 is 27.4 Å². The third-order valence-corrected chi connectivity index (χ3v) is 6.58. The van der Waals surface area contributed by atoms with Gasteiger partial charge in [0.1, 0.15) is 0 Å². The second-order valence-electron chi connectivity index (χ2n) is 7.60. The first-order valence-corrected chi connectivity index (χ1v) is 11.8. The van der Waals surface area contributed by atoms with Crippen molar-refractivity contribution < 1.29 is 18.0 Å². The molecule has 0 saturated carbocycles. The van der Waals surface area contributed by atoms with Gasteiger partial charge in [0.15, 0.2) is 5.78 Å². The number of ketones is 1. The van der Waals surface area contributed by atoms with Gasteiger partial charge in [0.05, 0.1) is 4.90 Å². The molecule has 3 rings (SSSR count). The number of amides is 1. The number of benzene rings is 3. The molecule has 1 amide bonds. The molecule has 0 aliphatic heterocycles. The van der Waals surface area contributed by atoms with E-state index in [2.05, 4.69) is 10.0 Å². The second kappa shape index (κ2) is 10.3. The minimum atomic E-state index is -3.67. The molecule has 6 nitrogen and oxygen atoms in total. The molecule has 0 radical (unpaired) electrons. The van der Waals surface area contributed by atoms with Gasteiger partial charge in [0.25, 0.3) is 0 Å². The molecular formula is C25H26N2O4S. The first-order chi connectivity index (χ1) is 15.2. The van der Waals surface area contributed by atoms with E-state index in [4.69, 9.17) is 0 Å². The molecule has 0 aliphatic carbocycles. The zero-order valence-corrected chi connectivity index (χ0v) is 18.9. The first kappa shape index (κ1) is 23.4. The normalized spacial score (nSPS) is 11.2. The summed E-state index contributed by atoms with van der Waals surface area (Å²) in [7, 11) is -3.67. The fraction of sp³-hybridized carbons (Fsp3) is 0.200. The van der Waals surface area contributed by atoms with Crippen LogP contribution in [0.15, 0.2) is 77.7 Å². The third-order valence-electron chi connectivity index (χ3n) is 5.17. The van der Waals surface area contributed by atoms with Gasteiger partial charge < -0.3 is 5.32 Å². The summed E-state index contributed by atoms with van der Waals surface area (Å²) in [5.41, 5.74) is 4.07. The number of sulfonamides is 1. The number of carbonyl (C=O) groups is 2. The minimum Gasteiger partial charge on any atom is -0.326 e. The van der Waals surface area contributed by atoms with Gasteiger partial charge >= 0.3 is 0 Å². The van der Waals surface area contributed by atoms with E-state index in [9.17, 15) is 18.0 Å². The van der Waals surface area contributed by atoms with E-state index in [0.717, 1.165) is 16.7 Å². The van der Waals surface area contributed by atoms with Crippen molar-refractivity contribution in [3.8, 4) is 0 Å². The average Bonchev–Trinajstić information content (AvgIpc) is 2.79. The summed E-state index contributed by atoms with van der Waals surface area (Å²) in [5.74, 6) is -0.394. The van der Waals surface area contributed by atoms with Gasteiger partial charge in [0.2, 0.25) is 15.9 Å². The van der Waals surface area contributed by atoms with Gasteiger partial charge in [-0.15, -0.1) is 0 Å². The Kier molecular flexibility index (Phi) is 7.56. The van der Waals surface area contributed by atoms with Gasteiger partial charge in [-0.25, -0.2) is 13.1 Å². The number of hydrogen-bond donors (Lipinski definition) is 2. The van der Waals surface area contributed by atoms with Gasteiger partial charge in [-0.3, -0.25) is 9.59 Å². The molecule has 3 aromatic rings. The molecule has 0 spiro atoms. The summed E-state index contributed by atoms with van der Waals surface area (Å²) in [6, 6.07) is 20.7. The number of aryl methyl sites for hydroxylation is 2. The van der Waals surface area contributed by atoms with E-state index in [1.807, 2.05) is 56.3 Å². The van der Waals surface area contributed by atoms with E-state index in [-0.39, 0.29) is 36.0 Å². The lowest BCUT2D eigenvalue weighted by Crippen LogP contribution is -2.23. The van der Waals surface area contributed by atoms with Crippen LogP contribution in [-0.4, -0.2) is 20.1 Å². The molecule has 3 aromatic carbocycles. The standard InChI is InChI=1S/C25H26N2O4S/c1-18-8-9-21(16-19(18)2)24(28)14-15-25(29)27-22-10-12-23(13-11-22)32(30,31)26-17-20-6-4-3-5-7-20/h3-13,16,26H,14-15,17H2,1-2H3,(H,27,29). The predicted molar refractivity (Wildman–Crippen MR) is 125 cm³/mol. The number of hydrogen-bond acceptors (Lipinski definition) is 4. The molecule has 32 heavy (non-hydrogen) atoms. The Balaban J connectivity index is 1.52. The molecule has 0 aliphatic rings. The van der Waals surface area contributed by atoms with Crippen molar-refractivity contribution in [3.63, 3.8) is 0 Å². The molecule has 0 fully saturated rings. The molecule has 166 valence electrons. The van der Waals surface area contributed by atoms with Crippen molar-refractivity contribution in [2.24, 2.45) is 0 Å². The maximum Gasteiger partial charge on any atom is 0.240 e. The van der Waals surface area contributed by atoms with E-state index < -0.39 is 10.0 Å². The SMILES string of the molecule is Cc1ccc(C(=O)CCC(=O)Nc2ccc(S(=O)(=O)NCc3ccccc3)cc2)cc1C. The number of rotatable bonds is 9. The van der Waals surface area contributed by atoms with Crippen LogP contribution in [0.3, 0.4) is 0 Å². The largest absolute Gasteiger partial charge is 0.326 e. The van der Waals surface area contributed by atoms with Gasteiger partial charge in [-0.05, 0) is 60.9 Å². The summed E-state index contributed by atoms with van der Waals surface area (Å²) in [6.45, 7) is 4.11. The maximum absolute atomic E-state index is 12.5. The Morgan fingerprint density at radius 1 is 0.812 bits per heavy atom. The van der Waals surface area contributed by atoms with E-state index >= 15 is 0 Å². The van der Waals surface area contributed by atoms with Crippen molar-refractivity contribution in [3.05, 3.63) is 95.1 Å². The molecule has 0 atom stereocenters. The zero-order valence-electron chi connectivity index (χ0n) is 18.1. The molecule has 0 unspecified atom stereocenters. The highest BCUT2D eigenvalue weighted by atomic mass is 32.2. The van der Waals surface area contributed by atoms with Crippen molar-refractivity contribution in [2.45, 2.75) is 38.1 Å². The van der Waals surface area contributed by atoms with Gasteiger partial charge in [-0.1, -0.05) is 42.5 Å². The van der Waals surface area contributed by atoms with E-state index in [1.165, 1.54) is 24.3 Å². The van der Waals surface area contributed by atoms with Crippen LogP contribution in [0.2, 0.25) is 0 Å². The number of anilines is 1. The molecule has 0 saturated heterocycles. The van der Waals surface area contributed by atoms with Crippen LogP contribution in [0.5, 0.6) is 0 Å². The highest BCUT2D eigenvalue weighted by molar-refractivity contribution is 7.89. The van der Waals surface area contributed by atoms with Crippen LogP contribution in [0, 0.1) is 13.8 Å². The second-order valence-corrected chi connectivity index (χ2v) is 9.37. The molecule has 0 bridgehead atoms. The van der Waals surface area contributed by atoms with Crippen LogP contribution in [0.25, 0.3) is 0 Å². The van der Waals surface area contributed by atoms with Crippen molar-refractivity contribution in [1.82, 2.24) is 4.72 Å². The quantitative estimate of drug-likeness (QED) is 0.473. The topological polar surface area (TPSA) is 92.3 Å². The Morgan fingerprint density at radius 2 is 1.50 bits per heavy atom. The van der Waals surface area contributed by atoms with E-state index in [0.29, 0.717) is 11.3 Å².